The molecule has 2 N–H and O–H groups in total. The van der Waals surface area contributed by atoms with Crippen LogP contribution in [-0.4, -0.2) is 51.9 Å². The first-order chi connectivity index (χ1) is 15.3. The minimum Gasteiger partial charge on any atom is -0.497 e. The van der Waals surface area contributed by atoms with Crippen LogP contribution in [0.15, 0.2) is 66.1 Å². The van der Waals surface area contributed by atoms with Crippen LogP contribution in [0.3, 0.4) is 0 Å². The largest absolute Gasteiger partial charge is 0.497 e. The zero-order chi connectivity index (χ0) is 23.1. The lowest BCUT2D eigenvalue weighted by molar-refractivity contribution is -0.126. The quantitative estimate of drug-likeness (QED) is 0.593. The zero-order valence-electron chi connectivity index (χ0n) is 17.9. The first-order valence-corrected chi connectivity index (χ1v) is 11.8. The van der Waals surface area contributed by atoms with Gasteiger partial charge in [-0.2, -0.15) is 0 Å². The van der Waals surface area contributed by atoms with Crippen molar-refractivity contribution in [3.05, 3.63) is 66.7 Å². The summed E-state index contributed by atoms with van der Waals surface area (Å²) in [4.78, 5) is 26.9. The maximum atomic E-state index is 12.9. The number of rotatable bonds is 8. The molecule has 8 nitrogen and oxygen atoms in total. The van der Waals surface area contributed by atoms with Crippen molar-refractivity contribution in [1.82, 2.24) is 10.2 Å². The number of anilines is 1. The number of benzene rings is 2. The van der Waals surface area contributed by atoms with Gasteiger partial charge in [0.25, 0.3) is 15.9 Å². The van der Waals surface area contributed by atoms with Crippen molar-refractivity contribution in [2.75, 3.05) is 31.5 Å². The van der Waals surface area contributed by atoms with Crippen LogP contribution in [0, 0.1) is 5.92 Å². The van der Waals surface area contributed by atoms with Gasteiger partial charge in [-0.15, -0.1) is 6.58 Å². The van der Waals surface area contributed by atoms with Crippen molar-refractivity contribution in [3.63, 3.8) is 0 Å². The van der Waals surface area contributed by atoms with Crippen molar-refractivity contribution < 1.29 is 22.7 Å². The topological polar surface area (TPSA) is 105 Å². The average molecular weight is 458 g/mol. The molecule has 1 atom stereocenters. The van der Waals surface area contributed by atoms with Crippen molar-refractivity contribution in [2.45, 2.75) is 17.7 Å². The molecule has 2 amide bonds. The summed E-state index contributed by atoms with van der Waals surface area (Å²) in [6, 6.07) is 12.4. The number of hydrogen-bond donors (Lipinski definition) is 2. The zero-order valence-corrected chi connectivity index (χ0v) is 18.7. The number of amides is 2. The van der Waals surface area contributed by atoms with Crippen LogP contribution in [0.1, 0.15) is 23.2 Å². The molecule has 32 heavy (non-hydrogen) atoms. The second kappa shape index (κ2) is 10.3. The van der Waals surface area contributed by atoms with Gasteiger partial charge < -0.3 is 15.0 Å². The minimum atomic E-state index is -3.80. The van der Waals surface area contributed by atoms with E-state index in [1.807, 2.05) is 0 Å². The molecule has 0 unspecified atom stereocenters. The Labute approximate surface area is 188 Å². The standard InChI is InChI=1S/C23H27N3O5S/c1-3-13-24-22(27)18-6-5-14-26(16-18)23(28)17-9-11-19(12-10-17)25-32(29,30)21-8-4-7-20(15-21)31-2/h3-4,7-12,15,18,25H,1,5-6,13-14,16H2,2H3,(H,24,27)/t18-/m0/s1. The highest BCUT2D eigenvalue weighted by atomic mass is 32.2. The summed E-state index contributed by atoms with van der Waals surface area (Å²) in [5.74, 6) is -0.0773. The van der Waals surface area contributed by atoms with Gasteiger partial charge in [-0.25, -0.2) is 8.42 Å². The second-order valence-corrected chi connectivity index (χ2v) is 9.17. The van der Waals surface area contributed by atoms with Gasteiger partial charge in [0, 0.05) is 37.0 Å². The van der Waals surface area contributed by atoms with E-state index in [1.54, 1.807) is 47.4 Å². The molecule has 0 saturated carbocycles. The smallest absolute Gasteiger partial charge is 0.262 e. The van der Waals surface area contributed by atoms with Gasteiger partial charge in [-0.1, -0.05) is 12.1 Å². The van der Waals surface area contributed by atoms with Crippen molar-refractivity contribution in [1.29, 1.82) is 0 Å². The van der Waals surface area contributed by atoms with Gasteiger partial charge in [-0.3, -0.25) is 14.3 Å². The number of nitrogens with one attached hydrogen (secondary N) is 2. The van der Waals surface area contributed by atoms with E-state index >= 15 is 0 Å². The highest BCUT2D eigenvalue weighted by molar-refractivity contribution is 7.92. The molecule has 1 heterocycles. The molecule has 0 aliphatic carbocycles. The lowest BCUT2D eigenvalue weighted by Gasteiger charge is -2.32. The second-order valence-electron chi connectivity index (χ2n) is 7.49. The van der Waals surface area contributed by atoms with Crippen molar-refractivity contribution in [3.8, 4) is 5.75 Å². The molecule has 0 radical (unpaired) electrons. The number of ether oxygens (including phenoxy) is 1. The molecular weight excluding hydrogens is 430 g/mol. The molecule has 1 fully saturated rings. The van der Waals surface area contributed by atoms with E-state index in [0.29, 0.717) is 36.6 Å². The number of piperidine rings is 1. The highest BCUT2D eigenvalue weighted by Gasteiger charge is 2.28. The summed E-state index contributed by atoms with van der Waals surface area (Å²) in [5.41, 5.74) is 0.770. The molecule has 1 saturated heterocycles. The van der Waals surface area contributed by atoms with Crippen LogP contribution >= 0.6 is 0 Å². The monoisotopic (exact) mass is 457 g/mol. The molecule has 0 aromatic heterocycles. The average Bonchev–Trinajstić information content (AvgIpc) is 2.82. The van der Waals surface area contributed by atoms with E-state index < -0.39 is 10.0 Å². The molecule has 1 aliphatic rings. The summed E-state index contributed by atoms with van der Waals surface area (Å²) >= 11 is 0. The van der Waals surface area contributed by atoms with Crippen molar-refractivity contribution in [2.24, 2.45) is 5.92 Å². The summed E-state index contributed by atoms with van der Waals surface area (Å²) in [6.07, 6.45) is 3.10. The molecule has 0 bridgehead atoms. The first kappa shape index (κ1) is 23.3. The van der Waals surface area contributed by atoms with Gasteiger partial charge in [0.1, 0.15) is 5.75 Å². The van der Waals surface area contributed by atoms with Crippen LogP contribution in [-0.2, 0) is 14.8 Å². The Morgan fingerprint density at radius 1 is 1.22 bits per heavy atom. The Kier molecular flexibility index (Phi) is 7.53. The van der Waals surface area contributed by atoms with Crippen LogP contribution in [0.5, 0.6) is 5.75 Å². The van der Waals surface area contributed by atoms with Crippen LogP contribution in [0.2, 0.25) is 0 Å². The Morgan fingerprint density at radius 2 is 1.97 bits per heavy atom. The summed E-state index contributed by atoms with van der Waals surface area (Å²) in [5, 5.41) is 2.78. The fraction of sp³-hybridized carbons (Fsp3) is 0.304. The van der Waals surface area contributed by atoms with E-state index in [-0.39, 0.29) is 22.6 Å². The molecular formula is C23H27N3O5S. The number of carbonyl (C=O) groups is 2. The van der Waals surface area contributed by atoms with Gasteiger partial charge >= 0.3 is 0 Å². The van der Waals surface area contributed by atoms with Gasteiger partial charge in [-0.05, 0) is 49.2 Å². The van der Waals surface area contributed by atoms with Gasteiger partial charge in [0.05, 0.1) is 17.9 Å². The SMILES string of the molecule is C=CCNC(=O)[C@H]1CCCN(C(=O)c2ccc(NS(=O)(=O)c3cccc(OC)c3)cc2)C1. The van der Waals surface area contributed by atoms with Gasteiger partial charge in [0.2, 0.25) is 5.91 Å². The lowest BCUT2D eigenvalue weighted by Crippen LogP contribution is -2.45. The van der Waals surface area contributed by atoms with E-state index in [1.165, 1.54) is 19.2 Å². The molecule has 1 aliphatic heterocycles. The molecule has 0 spiro atoms. The summed E-state index contributed by atoms with van der Waals surface area (Å²) in [6.45, 7) is 4.92. The summed E-state index contributed by atoms with van der Waals surface area (Å²) < 4.78 is 32.8. The van der Waals surface area contributed by atoms with E-state index in [0.717, 1.165) is 12.8 Å². The molecule has 2 aromatic carbocycles. The third-order valence-electron chi connectivity index (χ3n) is 5.24. The maximum Gasteiger partial charge on any atom is 0.262 e. The Bertz CT molecular complexity index is 1080. The molecule has 9 heteroatoms. The predicted molar refractivity (Wildman–Crippen MR) is 122 cm³/mol. The Balaban J connectivity index is 1.66. The van der Waals surface area contributed by atoms with E-state index in [9.17, 15) is 18.0 Å². The Hall–Kier alpha value is -3.33. The fourth-order valence-corrected chi connectivity index (χ4v) is 4.63. The first-order valence-electron chi connectivity index (χ1n) is 10.3. The van der Waals surface area contributed by atoms with Crippen LogP contribution in [0.25, 0.3) is 0 Å². The van der Waals surface area contributed by atoms with Crippen molar-refractivity contribution >= 4 is 27.5 Å². The predicted octanol–water partition coefficient (Wildman–Crippen LogP) is 2.65. The van der Waals surface area contributed by atoms with Crippen LogP contribution in [0.4, 0.5) is 5.69 Å². The lowest BCUT2D eigenvalue weighted by atomic mass is 9.96. The Morgan fingerprint density at radius 3 is 2.66 bits per heavy atom. The number of nitrogens with zero attached hydrogens (tertiary/aromatic N) is 1. The minimum absolute atomic E-state index is 0.0751. The third-order valence-corrected chi connectivity index (χ3v) is 6.61. The normalized spacial score (nSPS) is 16.2. The molecule has 170 valence electrons. The third kappa shape index (κ3) is 5.67. The van der Waals surface area contributed by atoms with Gasteiger partial charge in [0.15, 0.2) is 0 Å². The number of likely N-dealkylation sites (tertiary alicyclic amines) is 1. The number of methoxy groups -OCH3 is 1. The van der Waals surface area contributed by atoms with Crippen LogP contribution < -0.4 is 14.8 Å². The summed E-state index contributed by atoms with van der Waals surface area (Å²) in [7, 11) is -2.34. The molecule has 2 aromatic rings. The maximum absolute atomic E-state index is 12.9. The molecule has 3 rings (SSSR count). The number of carbonyl (C=O) groups excluding carboxylic acids is 2. The van der Waals surface area contributed by atoms with E-state index in [4.69, 9.17) is 4.74 Å². The highest BCUT2D eigenvalue weighted by Crippen LogP contribution is 2.22. The van der Waals surface area contributed by atoms with E-state index in [2.05, 4.69) is 16.6 Å². The fourth-order valence-electron chi connectivity index (χ4n) is 3.54. The number of sulfonamides is 1. The number of hydrogen-bond acceptors (Lipinski definition) is 5.